The van der Waals surface area contributed by atoms with E-state index in [-0.39, 0.29) is 0 Å². The molecule has 4 rings (SSSR count). The fourth-order valence-corrected chi connectivity index (χ4v) is 3.84. The Morgan fingerprint density at radius 2 is 1.89 bits per heavy atom. The molecule has 19 heavy (non-hydrogen) atoms. The number of fused-ring (bicyclic) bond motifs is 3. The molecule has 0 saturated carbocycles. The molecule has 0 aliphatic carbocycles. The van der Waals surface area contributed by atoms with Gasteiger partial charge in [0.25, 0.3) is 0 Å². The Bertz CT molecular complexity index is 708. The SMILES string of the molecule is c1ccc2c(c1)sc1nnc(CN3CCCCC3)n12. The Morgan fingerprint density at radius 3 is 2.79 bits per heavy atom. The van der Waals surface area contributed by atoms with Gasteiger partial charge in [0.2, 0.25) is 4.96 Å². The molecular weight excluding hydrogens is 256 g/mol. The van der Waals surface area contributed by atoms with Crippen LogP contribution in [0.1, 0.15) is 25.1 Å². The molecule has 4 nitrogen and oxygen atoms in total. The van der Waals surface area contributed by atoms with Gasteiger partial charge in [-0.2, -0.15) is 0 Å². The van der Waals surface area contributed by atoms with Crippen molar-refractivity contribution in [2.75, 3.05) is 13.1 Å². The molecule has 1 aliphatic rings. The average Bonchev–Trinajstić information content (AvgIpc) is 3.00. The van der Waals surface area contributed by atoms with E-state index in [0.717, 1.165) is 17.3 Å². The van der Waals surface area contributed by atoms with Gasteiger partial charge in [-0.1, -0.05) is 29.9 Å². The Morgan fingerprint density at radius 1 is 1.05 bits per heavy atom. The van der Waals surface area contributed by atoms with Crippen LogP contribution in [-0.2, 0) is 6.54 Å². The third-order valence-electron chi connectivity index (χ3n) is 3.82. The number of thiazole rings is 1. The van der Waals surface area contributed by atoms with Crippen LogP contribution in [0.4, 0.5) is 0 Å². The van der Waals surface area contributed by atoms with Crippen molar-refractivity contribution in [3.63, 3.8) is 0 Å². The molecule has 1 aliphatic heterocycles. The Kier molecular flexibility index (Phi) is 2.74. The zero-order valence-electron chi connectivity index (χ0n) is 10.7. The second kappa shape index (κ2) is 4.58. The van der Waals surface area contributed by atoms with Gasteiger partial charge in [0.15, 0.2) is 5.82 Å². The van der Waals surface area contributed by atoms with Gasteiger partial charge in [-0.3, -0.25) is 9.30 Å². The van der Waals surface area contributed by atoms with E-state index in [4.69, 9.17) is 0 Å². The van der Waals surface area contributed by atoms with Gasteiger partial charge in [-0.15, -0.1) is 10.2 Å². The predicted molar refractivity (Wildman–Crippen MR) is 77.5 cm³/mol. The number of benzene rings is 1. The van der Waals surface area contributed by atoms with Crippen LogP contribution in [0.25, 0.3) is 15.2 Å². The zero-order chi connectivity index (χ0) is 12.7. The molecule has 0 N–H and O–H groups in total. The molecule has 0 unspecified atom stereocenters. The van der Waals surface area contributed by atoms with Gasteiger partial charge in [-0.05, 0) is 38.1 Å². The second-order valence-electron chi connectivity index (χ2n) is 5.14. The first kappa shape index (κ1) is 11.4. The minimum Gasteiger partial charge on any atom is -0.296 e. The van der Waals surface area contributed by atoms with Gasteiger partial charge in [-0.25, -0.2) is 0 Å². The molecule has 0 spiro atoms. The summed E-state index contributed by atoms with van der Waals surface area (Å²) in [4.78, 5) is 3.50. The molecule has 5 heteroatoms. The third kappa shape index (κ3) is 1.93. The van der Waals surface area contributed by atoms with Crippen LogP contribution in [0.2, 0.25) is 0 Å². The average molecular weight is 272 g/mol. The summed E-state index contributed by atoms with van der Waals surface area (Å²) >= 11 is 1.72. The maximum Gasteiger partial charge on any atom is 0.217 e. The summed E-state index contributed by atoms with van der Waals surface area (Å²) in [7, 11) is 0. The summed E-state index contributed by atoms with van der Waals surface area (Å²) < 4.78 is 3.50. The van der Waals surface area contributed by atoms with E-state index in [9.17, 15) is 0 Å². The highest BCUT2D eigenvalue weighted by Gasteiger charge is 2.16. The Balaban J connectivity index is 1.76. The van der Waals surface area contributed by atoms with Crippen molar-refractivity contribution < 1.29 is 0 Å². The maximum atomic E-state index is 4.38. The highest BCUT2D eigenvalue weighted by molar-refractivity contribution is 7.23. The normalized spacial score (nSPS) is 17.5. The van der Waals surface area contributed by atoms with E-state index < -0.39 is 0 Å². The van der Waals surface area contributed by atoms with E-state index in [1.165, 1.54) is 42.6 Å². The summed E-state index contributed by atoms with van der Waals surface area (Å²) in [5, 5.41) is 8.71. The summed E-state index contributed by atoms with van der Waals surface area (Å²) in [5.41, 5.74) is 1.24. The van der Waals surface area contributed by atoms with Crippen LogP contribution in [0.5, 0.6) is 0 Å². The standard InChI is InChI=1S/C14H16N4S/c1-4-8-17(9-5-1)10-13-15-16-14-18(13)11-6-2-3-7-12(11)19-14/h2-3,6-7H,1,4-5,8-10H2. The minimum atomic E-state index is 0.919. The maximum absolute atomic E-state index is 4.38. The molecule has 3 aromatic rings. The zero-order valence-corrected chi connectivity index (χ0v) is 11.6. The Labute approximate surface area is 115 Å². The number of para-hydroxylation sites is 1. The van der Waals surface area contributed by atoms with Crippen LogP contribution in [0.3, 0.4) is 0 Å². The lowest BCUT2D eigenvalue weighted by Gasteiger charge is -2.25. The smallest absolute Gasteiger partial charge is 0.217 e. The molecule has 0 bridgehead atoms. The molecule has 3 heterocycles. The van der Waals surface area contributed by atoms with Crippen molar-refractivity contribution in [3.05, 3.63) is 30.1 Å². The van der Waals surface area contributed by atoms with Crippen LogP contribution in [0, 0.1) is 0 Å². The molecular formula is C14H16N4S. The first-order valence-corrected chi connectivity index (χ1v) is 7.67. The number of rotatable bonds is 2. The number of hydrogen-bond acceptors (Lipinski definition) is 4. The Hall–Kier alpha value is -1.46. The first-order chi connectivity index (χ1) is 9.42. The second-order valence-corrected chi connectivity index (χ2v) is 6.15. The van der Waals surface area contributed by atoms with Gasteiger partial charge < -0.3 is 0 Å². The molecule has 0 radical (unpaired) electrons. The van der Waals surface area contributed by atoms with Gasteiger partial charge >= 0.3 is 0 Å². The highest BCUT2D eigenvalue weighted by Crippen LogP contribution is 2.26. The van der Waals surface area contributed by atoms with Crippen molar-refractivity contribution in [2.24, 2.45) is 0 Å². The van der Waals surface area contributed by atoms with Gasteiger partial charge in [0.05, 0.1) is 16.8 Å². The van der Waals surface area contributed by atoms with Gasteiger partial charge in [0, 0.05) is 0 Å². The molecule has 1 saturated heterocycles. The number of hydrogen-bond donors (Lipinski definition) is 0. The minimum absolute atomic E-state index is 0.919. The fraction of sp³-hybridized carbons (Fsp3) is 0.429. The van der Waals surface area contributed by atoms with Crippen molar-refractivity contribution in [2.45, 2.75) is 25.8 Å². The predicted octanol–water partition coefficient (Wildman–Crippen LogP) is 2.93. The molecule has 1 aromatic carbocycles. The molecule has 0 atom stereocenters. The van der Waals surface area contributed by atoms with Crippen molar-refractivity contribution in [3.8, 4) is 0 Å². The van der Waals surface area contributed by atoms with E-state index in [1.54, 1.807) is 11.3 Å². The van der Waals surface area contributed by atoms with Crippen molar-refractivity contribution >= 4 is 26.5 Å². The largest absolute Gasteiger partial charge is 0.296 e. The lowest BCUT2D eigenvalue weighted by molar-refractivity contribution is 0.215. The third-order valence-corrected chi connectivity index (χ3v) is 4.83. The van der Waals surface area contributed by atoms with Crippen LogP contribution < -0.4 is 0 Å². The summed E-state index contributed by atoms with van der Waals surface area (Å²) in [5.74, 6) is 1.08. The number of aromatic nitrogens is 3. The summed E-state index contributed by atoms with van der Waals surface area (Å²) in [6.45, 7) is 3.30. The molecule has 2 aromatic heterocycles. The topological polar surface area (TPSA) is 33.4 Å². The fourth-order valence-electron chi connectivity index (χ4n) is 2.85. The van der Waals surface area contributed by atoms with E-state index >= 15 is 0 Å². The molecule has 1 fully saturated rings. The molecule has 0 amide bonds. The van der Waals surface area contributed by atoms with Crippen molar-refractivity contribution in [1.29, 1.82) is 0 Å². The van der Waals surface area contributed by atoms with Crippen LogP contribution >= 0.6 is 11.3 Å². The number of nitrogens with zero attached hydrogens (tertiary/aromatic N) is 4. The van der Waals surface area contributed by atoms with Crippen LogP contribution in [-0.4, -0.2) is 32.6 Å². The first-order valence-electron chi connectivity index (χ1n) is 6.86. The van der Waals surface area contributed by atoms with Crippen molar-refractivity contribution in [1.82, 2.24) is 19.5 Å². The molecule has 98 valence electrons. The van der Waals surface area contributed by atoms with E-state index in [2.05, 4.69) is 43.8 Å². The lowest BCUT2D eigenvalue weighted by atomic mass is 10.1. The monoisotopic (exact) mass is 272 g/mol. The summed E-state index contributed by atoms with van der Waals surface area (Å²) in [6, 6.07) is 8.47. The number of piperidine rings is 1. The quantitative estimate of drug-likeness (QED) is 0.719. The lowest BCUT2D eigenvalue weighted by Crippen LogP contribution is -2.29. The number of likely N-dealkylation sites (tertiary alicyclic amines) is 1. The van der Waals surface area contributed by atoms with Gasteiger partial charge in [0.1, 0.15) is 0 Å². The van der Waals surface area contributed by atoms with E-state index in [1.807, 2.05) is 0 Å². The summed E-state index contributed by atoms with van der Waals surface area (Å²) in [6.07, 6.45) is 3.99. The van der Waals surface area contributed by atoms with Crippen LogP contribution in [0.15, 0.2) is 24.3 Å². The van der Waals surface area contributed by atoms with E-state index in [0.29, 0.717) is 0 Å². The highest BCUT2D eigenvalue weighted by atomic mass is 32.1.